The quantitative estimate of drug-likeness (QED) is 0.186. The Balaban J connectivity index is 1.21. The van der Waals surface area contributed by atoms with Crippen molar-refractivity contribution >= 4 is 43.8 Å². The van der Waals surface area contributed by atoms with Crippen LogP contribution < -0.4 is 5.32 Å². The molecule has 1 aliphatic rings. The van der Waals surface area contributed by atoms with Crippen molar-refractivity contribution in [2.75, 3.05) is 0 Å². The summed E-state index contributed by atoms with van der Waals surface area (Å²) in [4.78, 5) is 9.97. The molecule has 1 unspecified atom stereocenters. The standard InChI is InChI=1S/C49H33N3/c1-2-13-35(14-3-1)48-47-41-17-7-4-12-33(41)25-26-45(47)51-49(52-48)40-30-38(32-21-23-34(24-22-32)44-20-10-11-27-50-44)29-39(31-40)46-42-18-8-5-15-36(42)28-37-16-6-9-19-43(37)46/h1-31,48H,(H,51,52). The van der Waals surface area contributed by atoms with Crippen LogP contribution in [0.25, 0.3) is 65.8 Å². The lowest BCUT2D eigenvalue weighted by Crippen LogP contribution is -2.33. The molecule has 0 amide bonds. The van der Waals surface area contributed by atoms with Crippen molar-refractivity contribution in [3.8, 4) is 33.5 Å². The molecule has 2 heterocycles. The number of rotatable bonds is 5. The maximum atomic E-state index is 5.39. The zero-order chi connectivity index (χ0) is 34.4. The molecule has 52 heavy (non-hydrogen) atoms. The van der Waals surface area contributed by atoms with E-state index >= 15 is 0 Å². The summed E-state index contributed by atoms with van der Waals surface area (Å²) in [5, 5.41) is 11.3. The lowest BCUT2D eigenvalue weighted by molar-refractivity contribution is 0.756. The third kappa shape index (κ3) is 5.23. The molecule has 1 aromatic heterocycles. The first-order chi connectivity index (χ1) is 25.8. The van der Waals surface area contributed by atoms with Gasteiger partial charge in [-0.1, -0.05) is 140 Å². The van der Waals surface area contributed by atoms with Gasteiger partial charge in [-0.05, 0) is 103 Å². The average Bonchev–Trinajstić information content (AvgIpc) is 3.22. The third-order valence-electron chi connectivity index (χ3n) is 10.3. The van der Waals surface area contributed by atoms with Crippen LogP contribution in [0, 0.1) is 0 Å². The van der Waals surface area contributed by atoms with Crippen LogP contribution in [0.3, 0.4) is 0 Å². The predicted molar refractivity (Wildman–Crippen MR) is 217 cm³/mol. The molecule has 3 nitrogen and oxygen atoms in total. The number of benzene rings is 8. The maximum absolute atomic E-state index is 5.39. The van der Waals surface area contributed by atoms with E-state index in [1.807, 2.05) is 18.3 Å². The highest BCUT2D eigenvalue weighted by Gasteiger charge is 2.27. The van der Waals surface area contributed by atoms with Gasteiger partial charge >= 0.3 is 0 Å². The first-order valence-electron chi connectivity index (χ1n) is 17.8. The highest BCUT2D eigenvalue weighted by molar-refractivity contribution is 6.14. The smallest absolute Gasteiger partial charge is 0.134 e. The van der Waals surface area contributed by atoms with Crippen LogP contribution in [0.1, 0.15) is 22.7 Å². The Morgan fingerprint density at radius 2 is 1.04 bits per heavy atom. The molecular weight excluding hydrogens is 631 g/mol. The molecule has 1 atom stereocenters. The second kappa shape index (κ2) is 12.5. The van der Waals surface area contributed by atoms with Crippen molar-refractivity contribution in [2.24, 2.45) is 4.99 Å². The van der Waals surface area contributed by atoms with Crippen molar-refractivity contribution in [3.05, 3.63) is 205 Å². The van der Waals surface area contributed by atoms with Crippen LogP contribution in [0.15, 0.2) is 193 Å². The lowest BCUT2D eigenvalue weighted by Gasteiger charge is -2.29. The predicted octanol–water partition coefficient (Wildman–Crippen LogP) is 12.3. The van der Waals surface area contributed by atoms with Gasteiger partial charge < -0.3 is 5.32 Å². The largest absolute Gasteiger partial charge is 0.359 e. The molecule has 0 saturated heterocycles. The number of fused-ring (bicyclic) bond motifs is 5. The molecule has 0 spiro atoms. The summed E-state index contributed by atoms with van der Waals surface area (Å²) in [5.74, 6) is 0.856. The number of aromatic nitrogens is 1. The van der Waals surface area contributed by atoms with Crippen LogP contribution in [0.2, 0.25) is 0 Å². The van der Waals surface area contributed by atoms with Crippen molar-refractivity contribution in [2.45, 2.75) is 6.04 Å². The van der Waals surface area contributed by atoms with Gasteiger partial charge in [0.15, 0.2) is 0 Å². The summed E-state index contributed by atoms with van der Waals surface area (Å²) in [6.45, 7) is 0. The van der Waals surface area contributed by atoms with Gasteiger partial charge in [-0.3, -0.25) is 4.98 Å². The molecule has 0 aliphatic carbocycles. The minimum absolute atomic E-state index is 0.0713. The Labute approximate surface area is 302 Å². The Kier molecular flexibility index (Phi) is 7.21. The Hall–Kier alpha value is -6.84. The van der Waals surface area contributed by atoms with Crippen LogP contribution in [-0.2, 0) is 0 Å². The summed E-state index contributed by atoms with van der Waals surface area (Å²) < 4.78 is 0. The zero-order valence-corrected chi connectivity index (χ0v) is 28.4. The number of aliphatic imine (C=N–C) groups is 1. The van der Waals surface area contributed by atoms with Gasteiger partial charge in [-0.25, -0.2) is 4.99 Å². The van der Waals surface area contributed by atoms with E-state index in [1.54, 1.807) is 0 Å². The van der Waals surface area contributed by atoms with Crippen LogP contribution >= 0.6 is 0 Å². The molecule has 3 heteroatoms. The van der Waals surface area contributed by atoms with Crippen LogP contribution in [-0.4, -0.2) is 10.8 Å². The molecule has 0 fully saturated rings. The van der Waals surface area contributed by atoms with Crippen molar-refractivity contribution in [1.82, 2.24) is 10.3 Å². The number of hydrogen-bond donors (Lipinski definition) is 1. The van der Waals surface area contributed by atoms with E-state index in [4.69, 9.17) is 4.99 Å². The number of nitrogens with zero attached hydrogens (tertiary/aromatic N) is 2. The van der Waals surface area contributed by atoms with E-state index in [-0.39, 0.29) is 6.04 Å². The molecule has 0 saturated carbocycles. The number of nitrogens with one attached hydrogen (secondary N) is 1. The molecule has 1 N–H and O–H groups in total. The zero-order valence-electron chi connectivity index (χ0n) is 28.4. The van der Waals surface area contributed by atoms with Crippen molar-refractivity contribution in [3.63, 3.8) is 0 Å². The molecule has 8 aromatic carbocycles. The van der Waals surface area contributed by atoms with Gasteiger partial charge in [-0.2, -0.15) is 0 Å². The highest BCUT2D eigenvalue weighted by Crippen LogP contribution is 2.42. The summed E-state index contributed by atoms with van der Waals surface area (Å²) in [7, 11) is 0. The first kappa shape index (κ1) is 30.0. The molecule has 244 valence electrons. The van der Waals surface area contributed by atoms with E-state index in [1.165, 1.54) is 49.0 Å². The highest BCUT2D eigenvalue weighted by atomic mass is 15.1. The van der Waals surface area contributed by atoms with E-state index in [2.05, 4.69) is 180 Å². The maximum Gasteiger partial charge on any atom is 0.134 e. The first-order valence-corrected chi connectivity index (χ1v) is 17.8. The number of pyridine rings is 1. The fourth-order valence-electron chi connectivity index (χ4n) is 7.86. The topological polar surface area (TPSA) is 37.3 Å². The van der Waals surface area contributed by atoms with Gasteiger partial charge in [0.1, 0.15) is 5.84 Å². The normalized spacial score (nSPS) is 13.8. The number of amidine groups is 1. The lowest BCUT2D eigenvalue weighted by atomic mass is 9.88. The summed E-state index contributed by atoms with van der Waals surface area (Å²) in [5.41, 5.74) is 11.1. The molecular formula is C49H33N3. The SMILES string of the molecule is c1ccc(C2NC(c3cc(-c4ccc(-c5ccccn5)cc4)cc(-c4c5ccccc5cc5ccccc45)c3)=Nc3ccc4ccccc4c32)cc1. The number of hydrogen-bond acceptors (Lipinski definition) is 3. The van der Waals surface area contributed by atoms with E-state index < -0.39 is 0 Å². The van der Waals surface area contributed by atoms with Gasteiger partial charge in [0.2, 0.25) is 0 Å². The summed E-state index contributed by atoms with van der Waals surface area (Å²) >= 11 is 0. The Morgan fingerprint density at radius 1 is 0.423 bits per heavy atom. The fourth-order valence-corrected chi connectivity index (χ4v) is 7.86. The van der Waals surface area contributed by atoms with Gasteiger partial charge in [0.25, 0.3) is 0 Å². The Morgan fingerprint density at radius 3 is 1.77 bits per heavy atom. The van der Waals surface area contributed by atoms with Crippen molar-refractivity contribution in [1.29, 1.82) is 0 Å². The fraction of sp³-hybridized carbons (Fsp3) is 0.0204. The minimum atomic E-state index is -0.0713. The second-order valence-electron chi connectivity index (χ2n) is 13.5. The monoisotopic (exact) mass is 663 g/mol. The van der Waals surface area contributed by atoms with E-state index in [9.17, 15) is 0 Å². The molecule has 10 rings (SSSR count). The molecule has 0 bridgehead atoms. The van der Waals surface area contributed by atoms with E-state index in [0.29, 0.717) is 0 Å². The van der Waals surface area contributed by atoms with Crippen LogP contribution in [0.5, 0.6) is 0 Å². The molecule has 1 aliphatic heterocycles. The minimum Gasteiger partial charge on any atom is -0.359 e. The van der Waals surface area contributed by atoms with E-state index in [0.717, 1.165) is 45.0 Å². The van der Waals surface area contributed by atoms with Crippen molar-refractivity contribution < 1.29 is 0 Å². The molecule has 0 radical (unpaired) electrons. The summed E-state index contributed by atoms with van der Waals surface area (Å²) in [6, 6.07) is 65.1. The molecule has 9 aromatic rings. The third-order valence-corrected chi connectivity index (χ3v) is 10.3. The van der Waals surface area contributed by atoms with Crippen LogP contribution in [0.4, 0.5) is 5.69 Å². The van der Waals surface area contributed by atoms with Gasteiger partial charge in [-0.15, -0.1) is 0 Å². The Bertz CT molecular complexity index is 2750. The average molecular weight is 664 g/mol. The second-order valence-corrected chi connectivity index (χ2v) is 13.5. The van der Waals surface area contributed by atoms with Gasteiger partial charge in [0.05, 0.1) is 17.4 Å². The van der Waals surface area contributed by atoms with Gasteiger partial charge in [0, 0.05) is 22.9 Å². The summed E-state index contributed by atoms with van der Waals surface area (Å²) in [6.07, 6.45) is 1.84.